The summed E-state index contributed by atoms with van der Waals surface area (Å²) in [5, 5.41) is 0. The Bertz CT molecular complexity index is 164. The highest BCUT2D eigenvalue weighted by Crippen LogP contribution is 2.03. The van der Waals surface area contributed by atoms with Crippen molar-refractivity contribution in [2.45, 2.75) is 46.6 Å². The van der Waals surface area contributed by atoms with E-state index in [0.29, 0.717) is 12.5 Å². The highest BCUT2D eigenvalue weighted by molar-refractivity contribution is 5.59. The maximum absolute atomic E-state index is 11.0. The fourth-order valence-corrected chi connectivity index (χ4v) is 0.979. The molecule has 0 spiro atoms. The van der Waals surface area contributed by atoms with E-state index in [4.69, 9.17) is 14.2 Å². The van der Waals surface area contributed by atoms with Gasteiger partial charge in [-0.3, -0.25) is 0 Å². The Morgan fingerprint density at radius 1 is 1.13 bits per heavy atom. The first kappa shape index (κ1) is 14.2. The molecule has 0 aliphatic carbocycles. The van der Waals surface area contributed by atoms with Gasteiger partial charge in [0.25, 0.3) is 0 Å². The second-order valence-electron chi connectivity index (χ2n) is 3.82. The summed E-state index contributed by atoms with van der Waals surface area (Å²) in [6.45, 7) is 8.35. The largest absolute Gasteiger partial charge is 0.510 e. The number of ether oxygens (including phenoxy) is 3. The molecule has 0 rings (SSSR count). The summed E-state index contributed by atoms with van der Waals surface area (Å²) in [4.78, 5) is 11.0. The highest BCUT2D eigenvalue weighted by atomic mass is 16.8. The molecule has 0 saturated carbocycles. The van der Waals surface area contributed by atoms with Crippen molar-refractivity contribution in [3.63, 3.8) is 0 Å². The van der Waals surface area contributed by atoms with Crippen molar-refractivity contribution in [1.29, 1.82) is 0 Å². The van der Waals surface area contributed by atoms with Gasteiger partial charge in [0.05, 0.1) is 12.7 Å². The Hall–Kier alpha value is -0.770. The van der Waals surface area contributed by atoms with Crippen molar-refractivity contribution < 1.29 is 19.0 Å². The van der Waals surface area contributed by atoms with Crippen LogP contribution in [-0.2, 0) is 14.2 Å². The third-order valence-corrected chi connectivity index (χ3v) is 1.93. The zero-order valence-corrected chi connectivity index (χ0v) is 10.1. The summed E-state index contributed by atoms with van der Waals surface area (Å²) in [5.41, 5.74) is 0. The zero-order chi connectivity index (χ0) is 11.7. The first-order valence-electron chi connectivity index (χ1n) is 5.51. The van der Waals surface area contributed by atoms with Gasteiger partial charge >= 0.3 is 6.16 Å². The molecule has 0 aliphatic heterocycles. The van der Waals surface area contributed by atoms with Gasteiger partial charge in [-0.25, -0.2) is 4.79 Å². The summed E-state index contributed by atoms with van der Waals surface area (Å²) >= 11 is 0. The van der Waals surface area contributed by atoms with Crippen LogP contribution in [0.25, 0.3) is 0 Å². The van der Waals surface area contributed by atoms with Crippen LogP contribution in [0.4, 0.5) is 4.79 Å². The lowest BCUT2D eigenvalue weighted by molar-refractivity contribution is -0.0794. The van der Waals surface area contributed by atoms with Gasteiger partial charge in [0, 0.05) is 0 Å². The van der Waals surface area contributed by atoms with E-state index in [0.717, 1.165) is 12.8 Å². The van der Waals surface area contributed by atoms with E-state index < -0.39 is 6.16 Å². The molecule has 15 heavy (non-hydrogen) atoms. The molecule has 0 heterocycles. The molecular formula is C11H22O4. The number of hydrogen-bond acceptors (Lipinski definition) is 4. The van der Waals surface area contributed by atoms with Gasteiger partial charge in [0.2, 0.25) is 0 Å². The predicted octanol–water partition coefficient (Wildman–Crippen LogP) is 2.96. The van der Waals surface area contributed by atoms with Gasteiger partial charge in [-0.15, -0.1) is 0 Å². The van der Waals surface area contributed by atoms with E-state index >= 15 is 0 Å². The maximum atomic E-state index is 11.0. The summed E-state index contributed by atoms with van der Waals surface area (Å²) in [6.07, 6.45) is 1.33. The molecule has 0 aromatic rings. The molecule has 0 atom stereocenters. The molecular weight excluding hydrogens is 196 g/mol. The zero-order valence-electron chi connectivity index (χ0n) is 10.1. The van der Waals surface area contributed by atoms with Crippen LogP contribution in [0.2, 0.25) is 0 Å². The number of rotatable bonds is 7. The average molecular weight is 218 g/mol. The van der Waals surface area contributed by atoms with Crippen LogP contribution in [0.15, 0.2) is 0 Å². The summed E-state index contributed by atoms with van der Waals surface area (Å²) in [7, 11) is 0. The van der Waals surface area contributed by atoms with Gasteiger partial charge in [-0.2, -0.15) is 0 Å². The molecule has 0 unspecified atom stereocenters. The predicted molar refractivity (Wildman–Crippen MR) is 57.6 cm³/mol. The minimum Gasteiger partial charge on any atom is -0.434 e. The molecule has 0 aromatic heterocycles. The summed E-state index contributed by atoms with van der Waals surface area (Å²) < 4.78 is 14.8. The molecule has 0 N–H and O–H groups in total. The SMILES string of the molecule is CCC(CC)OCOC(=O)OCC(C)C. The quantitative estimate of drug-likeness (QED) is 0.487. The standard InChI is InChI=1S/C11H22O4/c1-5-10(6-2)14-8-15-11(12)13-7-9(3)4/h9-10H,5-8H2,1-4H3. The fourth-order valence-electron chi connectivity index (χ4n) is 0.979. The van der Waals surface area contributed by atoms with Crippen LogP contribution in [0, 0.1) is 5.92 Å². The Kier molecular flexibility index (Phi) is 8.09. The van der Waals surface area contributed by atoms with Gasteiger partial charge in [-0.05, 0) is 18.8 Å². The lowest BCUT2D eigenvalue weighted by atomic mass is 10.2. The average Bonchev–Trinajstić information content (AvgIpc) is 2.21. The maximum Gasteiger partial charge on any atom is 0.510 e. The van der Waals surface area contributed by atoms with Gasteiger partial charge in [0.1, 0.15) is 0 Å². The van der Waals surface area contributed by atoms with Crippen molar-refractivity contribution >= 4 is 6.16 Å². The first-order valence-corrected chi connectivity index (χ1v) is 5.51. The molecule has 0 radical (unpaired) electrons. The summed E-state index contributed by atoms with van der Waals surface area (Å²) in [5.74, 6) is 0.317. The highest BCUT2D eigenvalue weighted by Gasteiger charge is 2.07. The monoisotopic (exact) mass is 218 g/mol. The summed E-state index contributed by atoms with van der Waals surface area (Å²) in [6, 6.07) is 0. The van der Waals surface area contributed by atoms with E-state index in [9.17, 15) is 4.79 Å². The third-order valence-electron chi connectivity index (χ3n) is 1.93. The Labute approximate surface area is 91.9 Å². The first-order chi connectivity index (χ1) is 7.10. The van der Waals surface area contributed by atoms with Gasteiger partial charge in [-0.1, -0.05) is 27.7 Å². The Morgan fingerprint density at radius 3 is 2.20 bits per heavy atom. The van der Waals surface area contributed by atoms with Crippen LogP contribution >= 0.6 is 0 Å². The molecule has 4 heteroatoms. The molecule has 0 fully saturated rings. The van der Waals surface area contributed by atoms with Crippen LogP contribution in [0.5, 0.6) is 0 Å². The van der Waals surface area contributed by atoms with Crippen LogP contribution in [0.3, 0.4) is 0 Å². The number of carbonyl (C=O) groups is 1. The van der Waals surface area contributed by atoms with Crippen LogP contribution < -0.4 is 0 Å². The lowest BCUT2D eigenvalue weighted by Gasteiger charge is -2.13. The normalized spacial score (nSPS) is 10.8. The Balaban J connectivity index is 3.46. The second kappa shape index (κ2) is 8.53. The fraction of sp³-hybridized carbons (Fsp3) is 0.909. The Morgan fingerprint density at radius 2 is 1.73 bits per heavy atom. The number of carbonyl (C=O) groups excluding carboxylic acids is 1. The third kappa shape index (κ3) is 8.24. The van der Waals surface area contributed by atoms with E-state index in [1.165, 1.54) is 0 Å². The molecule has 0 bridgehead atoms. The van der Waals surface area contributed by atoms with Gasteiger partial charge < -0.3 is 14.2 Å². The van der Waals surface area contributed by atoms with Crippen molar-refractivity contribution in [3.8, 4) is 0 Å². The van der Waals surface area contributed by atoms with Crippen molar-refractivity contribution in [2.75, 3.05) is 13.4 Å². The lowest BCUT2D eigenvalue weighted by Crippen LogP contribution is -2.17. The molecule has 0 aliphatic rings. The van der Waals surface area contributed by atoms with Gasteiger partial charge in [0.15, 0.2) is 6.79 Å². The minimum absolute atomic E-state index is 0.0245. The molecule has 0 aromatic carbocycles. The van der Waals surface area contributed by atoms with Crippen molar-refractivity contribution in [1.82, 2.24) is 0 Å². The molecule has 90 valence electrons. The smallest absolute Gasteiger partial charge is 0.434 e. The van der Waals surface area contributed by atoms with Crippen LogP contribution in [0.1, 0.15) is 40.5 Å². The van der Waals surface area contributed by atoms with E-state index in [-0.39, 0.29) is 12.9 Å². The molecule has 0 amide bonds. The molecule has 4 nitrogen and oxygen atoms in total. The topological polar surface area (TPSA) is 44.8 Å². The second-order valence-corrected chi connectivity index (χ2v) is 3.82. The van der Waals surface area contributed by atoms with Crippen LogP contribution in [-0.4, -0.2) is 25.7 Å². The van der Waals surface area contributed by atoms with E-state index in [1.807, 2.05) is 27.7 Å². The minimum atomic E-state index is -0.658. The van der Waals surface area contributed by atoms with E-state index in [2.05, 4.69) is 0 Å². The van der Waals surface area contributed by atoms with Crippen molar-refractivity contribution in [2.24, 2.45) is 5.92 Å². The molecule has 0 saturated heterocycles. The van der Waals surface area contributed by atoms with Crippen molar-refractivity contribution in [3.05, 3.63) is 0 Å². The van der Waals surface area contributed by atoms with E-state index in [1.54, 1.807) is 0 Å². The number of hydrogen-bond donors (Lipinski definition) is 0.